The molecule has 4 aromatic rings. The Morgan fingerprint density at radius 3 is 2.10 bits per heavy atom. The van der Waals surface area contributed by atoms with Crippen molar-refractivity contribution in [1.29, 1.82) is 0 Å². The van der Waals surface area contributed by atoms with Gasteiger partial charge in [0, 0.05) is 0 Å². The number of anilines is 1. The second-order valence-corrected chi connectivity index (χ2v) is 7.91. The summed E-state index contributed by atoms with van der Waals surface area (Å²) in [4.78, 5) is 13.1. The number of rotatable bonds is 7. The van der Waals surface area contributed by atoms with Gasteiger partial charge in [0.2, 0.25) is 11.0 Å². The van der Waals surface area contributed by atoms with E-state index in [0.717, 1.165) is 16.9 Å². The van der Waals surface area contributed by atoms with Crippen molar-refractivity contribution in [2.24, 2.45) is 0 Å². The summed E-state index contributed by atoms with van der Waals surface area (Å²) in [5.41, 5.74) is 3.02. The Morgan fingerprint density at radius 1 is 0.900 bits per heavy atom. The number of carbonyl (C=O) groups excluding carboxylic acids is 1. The molecule has 0 radical (unpaired) electrons. The molecule has 0 saturated heterocycles. The van der Waals surface area contributed by atoms with E-state index < -0.39 is 5.92 Å². The van der Waals surface area contributed by atoms with Gasteiger partial charge in [-0.1, -0.05) is 89.7 Å². The minimum absolute atomic E-state index is 0.144. The topological polar surface area (TPSA) is 64.1 Å². The normalized spacial score (nSPS) is 10.7. The first kappa shape index (κ1) is 19.8. The third kappa shape index (κ3) is 4.90. The fourth-order valence-corrected chi connectivity index (χ4v) is 3.76. The first-order valence-electron chi connectivity index (χ1n) is 9.61. The van der Waals surface area contributed by atoms with Crippen molar-refractivity contribution in [3.8, 4) is 5.75 Å². The zero-order valence-corrected chi connectivity index (χ0v) is 17.3. The highest BCUT2D eigenvalue weighted by atomic mass is 32.1. The maximum atomic E-state index is 13.1. The van der Waals surface area contributed by atoms with Gasteiger partial charge in [0.1, 0.15) is 12.4 Å². The number of benzene rings is 3. The van der Waals surface area contributed by atoms with Crippen molar-refractivity contribution < 1.29 is 9.53 Å². The first-order valence-corrected chi connectivity index (χ1v) is 10.4. The monoisotopic (exact) mass is 415 g/mol. The van der Waals surface area contributed by atoms with Gasteiger partial charge in [-0.25, -0.2) is 0 Å². The number of aryl methyl sites for hydroxylation is 1. The average Bonchev–Trinajstić information content (AvgIpc) is 3.22. The summed E-state index contributed by atoms with van der Waals surface area (Å²) < 4.78 is 5.75. The van der Waals surface area contributed by atoms with Gasteiger partial charge >= 0.3 is 0 Å². The quantitative estimate of drug-likeness (QED) is 0.451. The minimum Gasteiger partial charge on any atom is -0.486 e. The smallest absolute Gasteiger partial charge is 0.238 e. The van der Waals surface area contributed by atoms with Gasteiger partial charge in [-0.3, -0.25) is 10.1 Å². The molecule has 1 amide bonds. The molecule has 1 N–H and O–H groups in total. The lowest BCUT2D eigenvalue weighted by Crippen LogP contribution is -2.22. The zero-order chi connectivity index (χ0) is 20.8. The number of nitrogens with one attached hydrogen (secondary N) is 1. The molecular formula is C24H21N3O2S. The minimum atomic E-state index is -0.427. The Kier molecular flexibility index (Phi) is 6.15. The molecule has 0 aliphatic carbocycles. The summed E-state index contributed by atoms with van der Waals surface area (Å²) in [6.07, 6.45) is 0. The maximum absolute atomic E-state index is 13.1. The second kappa shape index (κ2) is 9.33. The van der Waals surface area contributed by atoms with Crippen LogP contribution < -0.4 is 10.1 Å². The summed E-state index contributed by atoms with van der Waals surface area (Å²) in [6.45, 7) is 2.33. The standard InChI is InChI=1S/C24H21N3O2S/c1-17-12-14-20(15-13-17)29-16-21-26-27-24(30-21)25-23(28)22(18-8-4-2-5-9-18)19-10-6-3-7-11-19/h2-15,22H,16H2,1H3,(H,25,27,28). The van der Waals surface area contributed by atoms with E-state index in [9.17, 15) is 4.79 Å². The molecule has 0 saturated carbocycles. The van der Waals surface area contributed by atoms with Crippen LogP contribution in [-0.4, -0.2) is 16.1 Å². The highest BCUT2D eigenvalue weighted by Gasteiger charge is 2.23. The SMILES string of the molecule is Cc1ccc(OCc2nnc(NC(=O)C(c3ccccc3)c3ccccc3)s2)cc1. The molecule has 30 heavy (non-hydrogen) atoms. The van der Waals surface area contributed by atoms with Crippen LogP contribution in [0.15, 0.2) is 84.9 Å². The number of hydrogen-bond donors (Lipinski definition) is 1. The van der Waals surface area contributed by atoms with Crippen LogP contribution in [0.25, 0.3) is 0 Å². The molecule has 0 fully saturated rings. The van der Waals surface area contributed by atoms with E-state index >= 15 is 0 Å². The number of aromatic nitrogens is 2. The lowest BCUT2D eigenvalue weighted by atomic mass is 9.90. The predicted octanol–water partition coefficient (Wildman–Crippen LogP) is 5.20. The summed E-state index contributed by atoms with van der Waals surface area (Å²) in [6, 6.07) is 27.3. The van der Waals surface area contributed by atoms with Crippen LogP contribution in [0, 0.1) is 6.92 Å². The van der Waals surface area contributed by atoms with E-state index in [-0.39, 0.29) is 5.91 Å². The van der Waals surface area contributed by atoms with Crippen molar-refractivity contribution in [2.75, 3.05) is 5.32 Å². The van der Waals surface area contributed by atoms with E-state index in [0.29, 0.717) is 16.7 Å². The third-order valence-electron chi connectivity index (χ3n) is 4.61. The van der Waals surface area contributed by atoms with Crippen LogP contribution in [0.5, 0.6) is 5.75 Å². The van der Waals surface area contributed by atoms with Crippen molar-refractivity contribution >= 4 is 22.4 Å². The van der Waals surface area contributed by atoms with Crippen molar-refractivity contribution in [3.05, 3.63) is 107 Å². The zero-order valence-electron chi connectivity index (χ0n) is 16.5. The molecule has 3 aromatic carbocycles. The first-order chi connectivity index (χ1) is 14.7. The van der Waals surface area contributed by atoms with Gasteiger partial charge in [-0.15, -0.1) is 10.2 Å². The van der Waals surface area contributed by atoms with E-state index in [1.54, 1.807) is 0 Å². The largest absolute Gasteiger partial charge is 0.486 e. The van der Waals surface area contributed by atoms with E-state index in [2.05, 4.69) is 15.5 Å². The second-order valence-electron chi connectivity index (χ2n) is 6.85. The molecule has 1 aromatic heterocycles. The summed E-state index contributed by atoms with van der Waals surface area (Å²) in [5.74, 6) is 0.202. The Labute approximate surface area is 179 Å². The van der Waals surface area contributed by atoms with Crippen molar-refractivity contribution in [3.63, 3.8) is 0 Å². The lowest BCUT2D eigenvalue weighted by Gasteiger charge is -2.16. The number of nitrogens with zero attached hydrogens (tertiary/aromatic N) is 2. The fourth-order valence-electron chi connectivity index (χ4n) is 3.11. The summed E-state index contributed by atoms with van der Waals surface area (Å²) >= 11 is 1.31. The summed E-state index contributed by atoms with van der Waals surface area (Å²) in [7, 11) is 0. The molecule has 6 heteroatoms. The van der Waals surface area contributed by atoms with Crippen LogP contribution in [0.1, 0.15) is 27.6 Å². The van der Waals surface area contributed by atoms with Gasteiger partial charge < -0.3 is 4.74 Å². The van der Waals surface area contributed by atoms with Gasteiger partial charge in [0.15, 0.2) is 5.01 Å². The Morgan fingerprint density at radius 2 is 1.50 bits per heavy atom. The third-order valence-corrected chi connectivity index (χ3v) is 5.42. The van der Waals surface area contributed by atoms with Gasteiger partial charge in [-0.05, 0) is 30.2 Å². The maximum Gasteiger partial charge on any atom is 0.238 e. The van der Waals surface area contributed by atoms with Crippen molar-refractivity contribution in [2.45, 2.75) is 19.4 Å². The molecule has 150 valence electrons. The van der Waals surface area contributed by atoms with E-state index in [4.69, 9.17) is 4.74 Å². The molecule has 0 aliphatic rings. The molecule has 0 atom stereocenters. The molecule has 0 aliphatic heterocycles. The van der Waals surface area contributed by atoms with Gasteiger partial charge in [-0.2, -0.15) is 0 Å². The van der Waals surface area contributed by atoms with Crippen LogP contribution >= 0.6 is 11.3 Å². The van der Waals surface area contributed by atoms with Gasteiger partial charge in [0.05, 0.1) is 5.92 Å². The van der Waals surface area contributed by atoms with Crippen LogP contribution in [0.2, 0.25) is 0 Å². The molecule has 0 spiro atoms. The van der Waals surface area contributed by atoms with E-state index in [1.165, 1.54) is 16.9 Å². The molecule has 4 rings (SSSR count). The van der Waals surface area contributed by atoms with Gasteiger partial charge in [0.25, 0.3) is 0 Å². The number of hydrogen-bond acceptors (Lipinski definition) is 5. The Bertz CT molecular complexity index is 1060. The molecule has 0 bridgehead atoms. The number of ether oxygens (including phenoxy) is 1. The molecule has 0 unspecified atom stereocenters. The van der Waals surface area contributed by atoms with E-state index in [1.807, 2.05) is 91.9 Å². The average molecular weight is 416 g/mol. The predicted molar refractivity (Wildman–Crippen MR) is 119 cm³/mol. The molecular weight excluding hydrogens is 394 g/mol. The fraction of sp³-hybridized carbons (Fsp3) is 0.125. The Balaban J connectivity index is 1.46. The highest BCUT2D eigenvalue weighted by molar-refractivity contribution is 7.15. The molecule has 1 heterocycles. The molecule has 5 nitrogen and oxygen atoms in total. The van der Waals surface area contributed by atoms with Crippen LogP contribution in [0.3, 0.4) is 0 Å². The number of amides is 1. The highest BCUT2D eigenvalue weighted by Crippen LogP contribution is 2.27. The van der Waals surface area contributed by atoms with Crippen LogP contribution in [0.4, 0.5) is 5.13 Å². The Hall–Kier alpha value is -3.51. The van der Waals surface area contributed by atoms with Crippen molar-refractivity contribution in [1.82, 2.24) is 10.2 Å². The number of carbonyl (C=O) groups is 1. The summed E-state index contributed by atoms with van der Waals surface area (Å²) in [5, 5.41) is 12.3. The van der Waals surface area contributed by atoms with Crippen LogP contribution in [-0.2, 0) is 11.4 Å². The lowest BCUT2D eigenvalue weighted by molar-refractivity contribution is -0.116.